The maximum absolute atomic E-state index is 5.49. The normalized spacial score (nSPS) is 23.6. The minimum atomic E-state index is 0.290. The number of nitrogens with one attached hydrogen (secondary N) is 1. The molecule has 4 nitrogen and oxygen atoms in total. The van der Waals surface area contributed by atoms with E-state index in [4.69, 9.17) is 18.0 Å². The van der Waals surface area contributed by atoms with Gasteiger partial charge < -0.3 is 11.1 Å². The van der Waals surface area contributed by atoms with Crippen molar-refractivity contribution >= 4 is 23.0 Å². The first-order chi connectivity index (χ1) is 8.69. The highest BCUT2D eigenvalue weighted by Crippen LogP contribution is 2.28. The Morgan fingerprint density at radius 2 is 2.28 bits per heavy atom. The summed E-state index contributed by atoms with van der Waals surface area (Å²) in [6, 6.07) is 0.522. The molecule has 0 aliphatic heterocycles. The van der Waals surface area contributed by atoms with Crippen molar-refractivity contribution in [1.82, 2.24) is 9.97 Å². The molecule has 2 atom stereocenters. The van der Waals surface area contributed by atoms with Gasteiger partial charge in [0.15, 0.2) is 0 Å². The van der Waals surface area contributed by atoms with Crippen LogP contribution in [0.15, 0.2) is 12.4 Å². The number of aromatic nitrogens is 2. The quantitative estimate of drug-likeness (QED) is 0.818. The van der Waals surface area contributed by atoms with Gasteiger partial charge in [-0.05, 0) is 18.8 Å². The first-order valence-corrected chi connectivity index (χ1v) is 6.98. The zero-order chi connectivity index (χ0) is 13.0. The van der Waals surface area contributed by atoms with Gasteiger partial charge in [-0.1, -0.05) is 38.4 Å². The van der Waals surface area contributed by atoms with Gasteiger partial charge in [-0.15, -0.1) is 0 Å². The Bertz CT molecular complexity index is 404. The van der Waals surface area contributed by atoms with E-state index in [1.165, 1.54) is 32.1 Å². The van der Waals surface area contributed by atoms with Crippen LogP contribution in [0.5, 0.6) is 0 Å². The topological polar surface area (TPSA) is 63.8 Å². The van der Waals surface area contributed by atoms with Crippen LogP contribution in [-0.4, -0.2) is 21.0 Å². The molecule has 0 radical (unpaired) electrons. The lowest BCUT2D eigenvalue weighted by atomic mass is 9.84. The Balaban J connectivity index is 1.94. The highest BCUT2D eigenvalue weighted by atomic mass is 32.1. The summed E-state index contributed by atoms with van der Waals surface area (Å²) >= 11 is 4.85. The van der Waals surface area contributed by atoms with Crippen LogP contribution in [-0.2, 0) is 0 Å². The molecule has 0 amide bonds. The van der Waals surface area contributed by atoms with Gasteiger partial charge >= 0.3 is 0 Å². The van der Waals surface area contributed by atoms with Crippen molar-refractivity contribution in [3.63, 3.8) is 0 Å². The number of thiocarbonyl (C=S) groups is 1. The van der Waals surface area contributed by atoms with Crippen LogP contribution in [0.3, 0.4) is 0 Å². The molecule has 18 heavy (non-hydrogen) atoms. The van der Waals surface area contributed by atoms with Gasteiger partial charge in [0.2, 0.25) is 0 Å². The summed E-state index contributed by atoms with van der Waals surface area (Å²) in [5.74, 6) is 1.66. The predicted octanol–water partition coefficient (Wildman–Crippen LogP) is 2.49. The van der Waals surface area contributed by atoms with E-state index in [1.807, 2.05) is 0 Å². The lowest BCUT2D eigenvalue weighted by molar-refractivity contribution is 0.327. The lowest BCUT2D eigenvalue weighted by Gasteiger charge is -2.29. The van der Waals surface area contributed by atoms with Crippen molar-refractivity contribution in [2.24, 2.45) is 11.7 Å². The number of nitrogens with two attached hydrogens (primary N) is 1. The van der Waals surface area contributed by atoms with Gasteiger partial charge in [0, 0.05) is 6.04 Å². The third-order valence-electron chi connectivity index (χ3n) is 3.62. The molecule has 1 saturated carbocycles. The molecule has 1 aromatic heterocycles. The SMILES string of the molecule is CCC1CCCC(Nc2cnc(C(N)=S)cn2)C1. The predicted molar refractivity (Wildman–Crippen MR) is 77.6 cm³/mol. The largest absolute Gasteiger partial charge is 0.388 e. The Kier molecular flexibility index (Phi) is 4.47. The Morgan fingerprint density at radius 3 is 2.89 bits per heavy atom. The van der Waals surface area contributed by atoms with Gasteiger partial charge in [-0.2, -0.15) is 0 Å². The summed E-state index contributed by atoms with van der Waals surface area (Å²) in [7, 11) is 0. The van der Waals surface area contributed by atoms with E-state index < -0.39 is 0 Å². The molecule has 1 aliphatic carbocycles. The number of hydrogen-bond donors (Lipinski definition) is 2. The molecule has 1 heterocycles. The van der Waals surface area contributed by atoms with Crippen molar-refractivity contribution in [3.8, 4) is 0 Å². The van der Waals surface area contributed by atoms with Gasteiger partial charge in [0.1, 0.15) is 16.5 Å². The molecule has 3 N–H and O–H groups in total. The molecule has 1 aromatic rings. The average molecular weight is 264 g/mol. The molecule has 1 aliphatic rings. The van der Waals surface area contributed by atoms with Crippen molar-refractivity contribution in [2.45, 2.75) is 45.1 Å². The molecule has 0 spiro atoms. The second kappa shape index (κ2) is 6.09. The van der Waals surface area contributed by atoms with Crippen LogP contribution in [0.2, 0.25) is 0 Å². The van der Waals surface area contributed by atoms with Crippen LogP contribution >= 0.6 is 12.2 Å². The Morgan fingerprint density at radius 1 is 1.44 bits per heavy atom. The number of anilines is 1. The minimum absolute atomic E-state index is 0.290. The minimum Gasteiger partial charge on any atom is -0.388 e. The van der Waals surface area contributed by atoms with Crippen LogP contribution < -0.4 is 11.1 Å². The maximum atomic E-state index is 5.49. The van der Waals surface area contributed by atoms with E-state index >= 15 is 0 Å². The van der Waals surface area contributed by atoms with Crippen LogP contribution in [0.4, 0.5) is 5.82 Å². The highest BCUT2D eigenvalue weighted by Gasteiger charge is 2.20. The second-order valence-corrected chi connectivity index (χ2v) is 5.37. The summed E-state index contributed by atoms with van der Waals surface area (Å²) in [6.45, 7) is 2.27. The van der Waals surface area contributed by atoms with E-state index in [0.29, 0.717) is 11.7 Å². The lowest BCUT2D eigenvalue weighted by Crippen LogP contribution is -2.27. The van der Waals surface area contributed by atoms with Crippen LogP contribution in [0.25, 0.3) is 0 Å². The first-order valence-electron chi connectivity index (χ1n) is 6.57. The van der Waals surface area contributed by atoms with Crippen molar-refractivity contribution < 1.29 is 0 Å². The third kappa shape index (κ3) is 3.38. The number of nitrogens with zero attached hydrogens (tertiary/aromatic N) is 2. The molecule has 98 valence electrons. The molecule has 0 aromatic carbocycles. The van der Waals surface area contributed by atoms with E-state index in [1.54, 1.807) is 12.4 Å². The van der Waals surface area contributed by atoms with Crippen LogP contribution in [0, 0.1) is 5.92 Å². The Hall–Kier alpha value is -1.23. The Labute approximate surface area is 113 Å². The van der Waals surface area contributed by atoms with E-state index in [9.17, 15) is 0 Å². The fourth-order valence-corrected chi connectivity index (χ4v) is 2.64. The average Bonchev–Trinajstić information content (AvgIpc) is 2.39. The molecular weight excluding hydrogens is 244 g/mol. The van der Waals surface area contributed by atoms with Gasteiger partial charge in [-0.25, -0.2) is 9.97 Å². The summed E-state index contributed by atoms with van der Waals surface area (Å²) in [5.41, 5.74) is 6.07. The third-order valence-corrected chi connectivity index (χ3v) is 3.83. The number of hydrogen-bond acceptors (Lipinski definition) is 4. The van der Waals surface area contributed by atoms with Crippen molar-refractivity contribution in [3.05, 3.63) is 18.1 Å². The zero-order valence-electron chi connectivity index (χ0n) is 10.7. The zero-order valence-corrected chi connectivity index (χ0v) is 11.5. The van der Waals surface area contributed by atoms with E-state index in [-0.39, 0.29) is 4.99 Å². The van der Waals surface area contributed by atoms with E-state index in [2.05, 4.69) is 22.2 Å². The summed E-state index contributed by atoms with van der Waals surface area (Å²) in [4.78, 5) is 8.79. The molecule has 0 saturated heterocycles. The summed E-state index contributed by atoms with van der Waals surface area (Å²) in [6.07, 6.45) is 9.72. The fraction of sp³-hybridized carbons (Fsp3) is 0.615. The van der Waals surface area contributed by atoms with Crippen molar-refractivity contribution in [2.75, 3.05) is 5.32 Å². The first kappa shape index (κ1) is 13.2. The van der Waals surface area contributed by atoms with Crippen LogP contribution in [0.1, 0.15) is 44.7 Å². The highest BCUT2D eigenvalue weighted by molar-refractivity contribution is 7.80. The molecule has 2 unspecified atom stereocenters. The maximum Gasteiger partial charge on any atom is 0.144 e. The number of rotatable bonds is 4. The molecule has 0 bridgehead atoms. The molecule has 2 rings (SSSR count). The smallest absolute Gasteiger partial charge is 0.144 e. The monoisotopic (exact) mass is 264 g/mol. The van der Waals surface area contributed by atoms with Gasteiger partial charge in [0.25, 0.3) is 0 Å². The van der Waals surface area contributed by atoms with Gasteiger partial charge in [-0.3, -0.25) is 0 Å². The van der Waals surface area contributed by atoms with Crippen molar-refractivity contribution in [1.29, 1.82) is 0 Å². The standard InChI is InChI=1S/C13H20N4S/c1-2-9-4-3-5-10(6-9)17-12-8-15-11(7-16-12)13(14)18/h7-10H,2-6H2,1H3,(H2,14,18)(H,16,17). The summed E-state index contributed by atoms with van der Waals surface area (Å²) in [5, 5.41) is 3.45. The van der Waals surface area contributed by atoms with Gasteiger partial charge in [0.05, 0.1) is 12.4 Å². The van der Waals surface area contributed by atoms with E-state index in [0.717, 1.165) is 11.7 Å². The molecular formula is C13H20N4S. The summed E-state index contributed by atoms with van der Waals surface area (Å²) < 4.78 is 0. The second-order valence-electron chi connectivity index (χ2n) is 4.93. The fourth-order valence-electron chi connectivity index (χ4n) is 2.53. The molecule has 5 heteroatoms. The molecule has 1 fully saturated rings.